The van der Waals surface area contributed by atoms with Crippen molar-refractivity contribution in [3.8, 4) is 0 Å². The van der Waals surface area contributed by atoms with Crippen LogP contribution < -0.4 is 5.73 Å². The Morgan fingerprint density at radius 1 is 1.47 bits per heavy atom. The van der Waals surface area contributed by atoms with Gasteiger partial charge in [-0.2, -0.15) is 24.4 Å². The van der Waals surface area contributed by atoms with Crippen molar-refractivity contribution in [1.82, 2.24) is 4.90 Å². The molecule has 6 heteroatoms. The third-order valence-electron chi connectivity index (χ3n) is 2.21. The largest absolute Gasteiger partial charge is 0.444 e. The molecule has 1 rings (SSSR count). The molecular weight excluding hydrogens is 280 g/mol. The molecule has 1 aliphatic rings. The van der Waals surface area contributed by atoms with E-state index in [-0.39, 0.29) is 10.8 Å². The molecule has 19 heavy (non-hydrogen) atoms. The summed E-state index contributed by atoms with van der Waals surface area (Å²) in [6.07, 6.45) is -0.184. The minimum Gasteiger partial charge on any atom is -0.444 e. The first-order chi connectivity index (χ1) is 8.61. The average Bonchev–Trinajstić information content (AvgIpc) is 2.26. The van der Waals surface area contributed by atoms with E-state index < -0.39 is 5.60 Å². The molecule has 0 aliphatic carbocycles. The maximum Gasteiger partial charge on any atom is 0.410 e. The zero-order chi connectivity index (χ0) is 15.1. The molecule has 0 radical (unpaired) electrons. The molecule has 0 aromatic rings. The lowest BCUT2D eigenvalue weighted by atomic mass is 10.2. The van der Waals surface area contributed by atoms with Crippen molar-refractivity contribution in [1.29, 1.82) is 0 Å². The van der Waals surface area contributed by atoms with Gasteiger partial charge in [0.2, 0.25) is 0 Å². The molecule has 0 bridgehead atoms. The summed E-state index contributed by atoms with van der Waals surface area (Å²) in [5, 5.41) is 0. The molecule has 114 valence electrons. The van der Waals surface area contributed by atoms with E-state index in [0.29, 0.717) is 6.54 Å². The summed E-state index contributed by atoms with van der Waals surface area (Å²) < 4.78 is 5.50. The van der Waals surface area contributed by atoms with E-state index in [1.165, 1.54) is 0 Å². The minimum atomic E-state index is -0.397. The van der Waals surface area contributed by atoms with Crippen LogP contribution in [0.2, 0.25) is 0 Å². The summed E-state index contributed by atoms with van der Waals surface area (Å²) in [6.45, 7) is 12.3. The zero-order valence-electron chi connectivity index (χ0n) is 12.7. The average molecular weight is 309 g/mol. The number of rotatable bonds is 1. The molecule has 2 N–H and O–H groups in total. The fourth-order valence-electron chi connectivity index (χ4n) is 1.50. The number of amides is 1. The lowest BCUT2D eigenvalue weighted by Crippen LogP contribution is -2.47. The molecule has 0 unspecified atom stereocenters. The van der Waals surface area contributed by atoms with Gasteiger partial charge in [-0.05, 0) is 34.6 Å². The van der Waals surface area contributed by atoms with Gasteiger partial charge in [0, 0.05) is 35.9 Å². The third-order valence-corrected chi connectivity index (χ3v) is 3.76. The van der Waals surface area contributed by atoms with E-state index in [1.54, 1.807) is 0 Å². The van der Waals surface area contributed by atoms with Crippen molar-refractivity contribution in [3.05, 3.63) is 0 Å². The summed E-state index contributed by atoms with van der Waals surface area (Å²) in [6, 6.07) is 0. The highest BCUT2D eigenvalue weighted by Gasteiger charge is 2.32. The molecule has 0 atom stereocenters. The van der Waals surface area contributed by atoms with Crippen molar-refractivity contribution >= 4 is 30.5 Å². The minimum absolute atomic E-state index is 0.148. The Bertz CT molecular complexity index is 276. The van der Waals surface area contributed by atoms with Crippen LogP contribution in [0.25, 0.3) is 0 Å². The van der Waals surface area contributed by atoms with Crippen LogP contribution >= 0.6 is 24.4 Å². The van der Waals surface area contributed by atoms with Gasteiger partial charge in [-0.15, -0.1) is 0 Å². The smallest absolute Gasteiger partial charge is 0.410 e. The first-order valence-corrected chi connectivity index (χ1v) is 8.16. The van der Waals surface area contributed by atoms with E-state index in [1.807, 2.05) is 37.4 Å². The van der Waals surface area contributed by atoms with E-state index in [0.717, 1.165) is 24.6 Å². The quantitative estimate of drug-likeness (QED) is 0.731. The maximum absolute atomic E-state index is 11.8. The Hall–Kier alpha value is -0.0700. The molecule has 1 saturated heterocycles. The fraction of sp³-hybridized carbons (Fsp3) is 0.923. The number of ether oxygens (including phenoxy) is 1. The predicted octanol–water partition coefficient (Wildman–Crippen LogP) is 2.62. The van der Waals surface area contributed by atoms with Crippen LogP contribution in [0.15, 0.2) is 0 Å². The van der Waals surface area contributed by atoms with Gasteiger partial charge in [0.05, 0.1) is 0 Å². The van der Waals surface area contributed by atoms with Crippen molar-refractivity contribution in [3.63, 3.8) is 0 Å². The predicted molar refractivity (Wildman–Crippen MR) is 87.3 cm³/mol. The fourth-order valence-corrected chi connectivity index (χ4v) is 2.61. The van der Waals surface area contributed by atoms with Gasteiger partial charge in [-0.3, -0.25) is 0 Å². The second-order valence-corrected chi connectivity index (χ2v) is 8.27. The number of thioether (sulfide) groups is 1. The number of thiol groups is 1. The van der Waals surface area contributed by atoms with Crippen molar-refractivity contribution in [2.45, 2.75) is 45.0 Å². The summed E-state index contributed by atoms with van der Waals surface area (Å²) in [5.41, 5.74) is 4.55. The zero-order valence-corrected chi connectivity index (χ0v) is 14.4. The molecule has 1 amide bonds. The summed E-state index contributed by atoms with van der Waals surface area (Å²) in [4.78, 5) is 13.6. The van der Waals surface area contributed by atoms with Crippen LogP contribution in [0.1, 0.15) is 34.6 Å². The number of nitrogens with zero attached hydrogens (tertiary/aromatic N) is 1. The van der Waals surface area contributed by atoms with Gasteiger partial charge in [0.25, 0.3) is 0 Å². The van der Waals surface area contributed by atoms with Crippen LogP contribution in [0.4, 0.5) is 4.79 Å². The topological polar surface area (TPSA) is 55.6 Å². The molecule has 0 spiro atoms. The summed E-state index contributed by atoms with van der Waals surface area (Å²) in [5.74, 6) is 1.78. The van der Waals surface area contributed by atoms with Gasteiger partial charge in [0.1, 0.15) is 5.60 Å². The number of hydrogen-bond acceptors (Lipinski definition) is 5. The highest BCUT2D eigenvalue weighted by Crippen LogP contribution is 2.30. The Labute approximate surface area is 127 Å². The highest BCUT2D eigenvalue weighted by molar-refractivity contribution is 8.00. The monoisotopic (exact) mass is 308 g/mol. The highest BCUT2D eigenvalue weighted by atomic mass is 32.2. The second kappa shape index (κ2) is 8.27. The maximum atomic E-state index is 11.8. The van der Waals surface area contributed by atoms with E-state index >= 15 is 0 Å². The van der Waals surface area contributed by atoms with Crippen LogP contribution in [-0.4, -0.2) is 52.5 Å². The van der Waals surface area contributed by atoms with E-state index in [9.17, 15) is 4.79 Å². The van der Waals surface area contributed by atoms with Gasteiger partial charge < -0.3 is 15.4 Å². The third kappa shape index (κ3) is 9.46. The lowest BCUT2D eigenvalue weighted by molar-refractivity contribution is 0.0242. The molecule has 4 nitrogen and oxygen atoms in total. The SMILES string of the molecule is CC(C)(C)OC(=O)N1CCSC(C)(C)C1.NCCS. The van der Waals surface area contributed by atoms with Crippen LogP contribution in [0, 0.1) is 0 Å². The standard InChI is InChI=1S/C11H21NO2S.C2H7NS/c1-10(2,3)14-9(13)12-6-7-15-11(4,5)8-12;3-1-2-4/h6-8H2,1-5H3;4H,1-3H2. The number of carbonyl (C=O) groups is 1. The Kier molecular flexibility index (Phi) is 8.24. The Balaban J connectivity index is 0.000000711. The molecule has 0 saturated carbocycles. The molecular formula is C13H28N2O2S2. The molecule has 1 heterocycles. The molecule has 0 aromatic heterocycles. The normalized spacial score (nSPS) is 18.4. The number of nitrogens with two attached hydrogens (primary N) is 1. The van der Waals surface area contributed by atoms with E-state index in [2.05, 4.69) is 26.5 Å². The first-order valence-electron chi connectivity index (χ1n) is 6.54. The second-order valence-electron chi connectivity index (χ2n) is 6.02. The van der Waals surface area contributed by atoms with Crippen LogP contribution in [-0.2, 0) is 4.74 Å². The van der Waals surface area contributed by atoms with E-state index in [4.69, 9.17) is 10.5 Å². The summed E-state index contributed by atoms with van der Waals surface area (Å²) in [7, 11) is 0. The van der Waals surface area contributed by atoms with Gasteiger partial charge in [-0.1, -0.05) is 0 Å². The van der Waals surface area contributed by atoms with Crippen LogP contribution in [0.5, 0.6) is 0 Å². The summed E-state index contributed by atoms with van der Waals surface area (Å²) >= 11 is 5.71. The number of carbonyl (C=O) groups excluding carboxylic acids is 1. The number of hydrogen-bond donors (Lipinski definition) is 2. The Morgan fingerprint density at radius 3 is 2.37 bits per heavy atom. The van der Waals surface area contributed by atoms with Crippen LogP contribution in [0.3, 0.4) is 0 Å². The first kappa shape index (κ1) is 18.9. The molecule has 0 aromatic carbocycles. The molecule has 1 fully saturated rings. The van der Waals surface area contributed by atoms with Gasteiger partial charge >= 0.3 is 6.09 Å². The lowest BCUT2D eigenvalue weighted by Gasteiger charge is -2.38. The Morgan fingerprint density at radius 2 is 2.00 bits per heavy atom. The van der Waals surface area contributed by atoms with Crippen molar-refractivity contribution < 1.29 is 9.53 Å². The van der Waals surface area contributed by atoms with Gasteiger partial charge in [-0.25, -0.2) is 4.79 Å². The van der Waals surface area contributed by atoms with Crippen molar-refractivity contribution in [2.24, 2.45) is 5.73 Å². The van der Waals surface area contributed by atoms with Gasteiger partial charge in [0.15, 0.2) is 0 Å². The molecule has 1 aliphatic heterocycles. The van der Waals surface area contributed by atoms with Crippen molar-refractivity contribution in [2.75, 3.05) is 31.1 Å².